The fraction of sp³-hybridized carbons (Fsp3) is 0.455. The van der Waals surface area contributed by atoms with Gasteiger partial charge in [-0.1, -0.05) is 6.92 Å². The molecule has 0 bridgehead atoms. The molecule has 2 aromatic heterocycles. The van der Waals surface area contributed by atoms with Crippen molar-refractivity contribution in [3.05, 3.63) is 23.5 Å². The molecule has 2 N–H and O–H groups in total. The van der Waals surface area contributed by atoms with E-state index in [1.165, 1.54) is 0 Å². The fourth-order valence-electron chi connectivity index (χ4n) is 1.75. The smallest absolute Gasteiger partial charge is 0.158 e. The van der Waals surface area contributed by atoms with Gasteiger partial charge < -0.3 is 5.73 Å². The maximum absolute atomic E-state index is 5.73. The van der Waals surface area contributed by atoms with Crippen molar-refractivity contribution in [2.45, 2.75) is 33.4 Å². The Labute approximate surface area is 89.1 Å². The van der Waals surface area contributed by atoms with Crippen LogP contribution < -0.4 is 5.73 Å². The van der Waals surface area contributed by atoms with Gasteiger partial charge >= 0.3 is 0 Å². The van der Waals surface area contributed by atoms with Gasteiger partial charge in [-0.2, -0.15) is 5.10 Å². The molecule has 0 aliphatic rings. The SMILES string of the molecule is CCc1cc(CN)c2cnn(CC)c2n1. The molecule has 0 spiro atoms. The summed E-state index contributed by atoms with van der Waals surface area (Å²) in [6, 6.07) is 2.07. The van der Waals surface area contributed by atoms with E-state index in [0.29, 0.717) is 6.54 Å². The lowest BCUT2D eigenvalue weighted by Gasteiger charge is -2.04. The Balaban J connectivity index is 2.71. The van der Waals surface area contributed by atoms with Crippen molar-refractivity contribution in [2.75, 3.05) is 0 Å². The molecule has 0 amide bonds. The van der Waals surface area contributed by atoms with Gasteiger partial charge in [0, 0.05) is 24.2 Å². The average molecular weight is 204 g/mol. The minimum Gasteiger partial charge on any atom is -0.326 e. The zero-order chi connectivity index (χ0) is 10.8. The number of nitrogens with zero attached hydrogens (tertiary/aromatic N) is 3. The maximum Gasteiger partial charge on any atom is 0.158 e. The largest absolute Gasteiger partial charge is 0.326 e. The average Bonchev–Trinajstić information content (AvgIpc) is 2.70. The second-order valence-electron chi connectivity index (χ2n) is 3.53. The van der Waals surface area contributed by atoms with Crippen LogP contribution in [-0.2, 0) is 19.5 Å². The van der Waals surface area contributed by atoms with E-state index in [-0.39, 0.29) is 0 Å². The van der Waals surface area contributed by atoms with Gasteiger partial charge in [-0.3, -0.25) is 0 Å². The Kier molecular flexibility index (Phi) is 2.68. The topological polar surface area (TPSA) is 56.7 Å². The Morgan fingerprint density at radius 1 is 1.40 bits per heavy atom. The van der Waals surface area contributed by atoms with Crippen LogP contribution in [-0.4, -0.2) is 14.8 Å². The molecule has 2 rings (SSSR count). The highest BCUT2D eigenvalue weighted by Crippen LogP contribution is 2.18. The molecule has 15 heavy (non-hydrogen) atoms. The number of hydrogen-bond acceptors (Lipinski definition) is 3. The number of aryl methyl sites for hydroxylation is 2. The molecule has 0 aromatic carbocycles. The van der Waals surface area contributed by atoms with E-state index in [4.69, 9.17) is 5.73 Å². The predicted molar refractivity (Wildman–Crippen MR) is 60.5 cm³/mol. The molecule has 0 aliphatic carbocycles. The van der Waals surface area contributed by atoms with E-state index in [1.807, 2.05) is 10.9 Å². The van der Waals surface area contributed by atoms with Crippen molar-refractivity contribution in [1.29, 1.82) is 0 Å². The molecule has 0 radical (unpaired) electrons. The summed E-state index contributed by atoms with van der Waals surface area (Å²) >= 11 is 0. The molecular formula is C11H16N4. The highest BCUT2D eigenvalue weighted by molar-refractivity contribution is 5.78. The van der Waals surface area contributed by atoms with Crippen LogP contribution >= 0.6 is 0 Å². The Bertz CT molecular complexity index is 473. The highest BCUT2D eigenvalue weighted by atomic mass is 15.3. The first-order chi connectivity index (χ1) is 7.30. The van der Waals surface area contributed by atoms with Crippen LogP contribution in [0.5, 0.6) is 0 Å². The van der Waals surface area contributed by atoms with E-state index >= 15 is 0 Å². The molecule has 4 heteroatoms. The Morgan fingerprint density at radius 3 is 2.80 bits per heavy atom. The molecular weight excluding hydrogens is 188 g/mol. The van der Waals surface area contributed by atoms with Gasteiger partial charge in [0.2, 0.25) is 0 Å². The van der Waals surface area contributed by atoms with Crippen LogP contribution in [0.2, 0.25) is 0 Å². The van der Waals surface area contributed by atoms with Crippen LogP contribution in [0.25, 0.3) is 11.0 Å². The van der Waals surface area contributed by atoms with Gasteiger partial charge in [0.15, 0.2) is 5.65 Å². The van der Waals surface area contributed by atoms with Crippen molar-refractivity contribution >= 4 is 11.0 Å². The summed E-state index contributed by atoms with van der Waals surface area (Å²) in [7, 11) is 0. The van der Waals surface area contributed by atoms with Crippen LogP contribution in [0.3, 0.4) is 0 Å². The molecule has 2 aromatic rings. The molecule has 0 atom stereocenters. The summed E-state index contributed by atoms with van der Waals surface area (Å²) in [5.41, 5.74) is 8.90. The predicted octanol–water partition coefficient (Wildman–Crippen LogP) is 1.47. The molecule has 2 heterocycles. The number of nitrogens with two attached hydrogens (primary N) is 1. The van der Waals surface area contributed by atoms with E-state index < -0.39 is 0 Å². The standard InChI is InChI=1S/C11H16N4/c1-3-9-5-8(6-12)10-7-13-15(4-2)11(10)14-9/h5,7H,3-4,6,12H2,1-2H3. The van der Waals surface area contributed by atoms with Crippen LogP contribution in [0.4, 0.5) is 0 Å². The lowest BCUT2D eigenvalue weighted by molar-refractivity contribution is 0.675. The Morgan fingerprint density at radius 2 is 2.20 bits per heavy atom. The molecule has 0 unspecified atom stereocenters. The normalized spacial score (nSPS) is 11.1. The second kappa shape index (κ2) is 3.98. The van der Waals surface area contributed by atoms with Crippen LogP contribution in [0, 0.1) is 0 Å². The summed E-state index contributed by atoms with van der Waals surface area (Å²) in [4.78, 5) is 4.58. The van der Waals surface area contributed by atoms with Gasteiger partial charge in [0.1, 0.15) is 0 Å². The zero-order valence-electron chi connectivity index (χ0n) is 9.20. The summed E-state index contributed by atoms with van der Waals surface area (Å²) in [5, 5.41) is 5.38. The number of aromatic nitrogens is 3. The van der Waals surface area contributed by atoms with Crippen LogP contribution in [0.1, 0.15) is 25.1 Å². The number of hydrogen-bond donors (Lipinski definition) is 1. The van der Waals surface area contributed by atoms with Gasteiger partial charge in [-0.15, -0.1) is 0 Å². The van der Waals surface area contributed by atoms with Crippen molar-refractivity contribution in [2.24, 2.45) is 5.73 Å². The molecule has 4 nitrogen and oxygen atoms in total. The monoisotopic (exact) mass is 204 g/mol. The molecule has 0 saturated carbocycles. The van der Waals surface area contributed by atoms with E-state index in [9.17, 15) is 0 Å². The van der Waals surface area contributed by atoms with Crippen LogP contribution in [0.15, 0.2) is 12.3 Å². The maximum atomic E-state index is 5.73. The molecule has 0 fully saturated rings. The minimum absolute atomic E-state index is 0.543. The third-order valence-corrected chi connectivity index (χ3v) is 2.63. The summed E-state index contributed by atoms with van der Waals surface area (Å²) < 4.78 is 1.91. The quantitative estimate of drug-likeness (QED) is 0.823. The van der Waals surface area contributed by atoms with Crippen molar-refractivity contribution < 1.29 is 0 Å². The zero-order valence-corrected chi connectivity index (χ0v) is 9.20. The lowest BCUT2D eigenvalue weighted by Crippen LogP contribution is -2.03. The molecule has 0 saturated heterocycles. The first-order valence-corrected chi connectivity index (χ1v) is 5.34. The van der Waals surface area contributed by atoms with Crippen molar-refractivity contribution in [3.63, 3.8) is 0 Å². The minimum atomic E-state index is 0.543. The molecule has 80 valence electrons. The van der Waals surface area contributed by atoms with Gasteiger partial charge in [0.05, 0.1) is 6.20 Å². The van der Waals surface area contributed by atoms with E-state index in [1.54, 1.807) is 0 Å². The first kappa shape index (κ1) is 10.1. The number of fused-ring (bicyclic) bond motifs is 1. The Hall–Kier alpha value is -1.42. The summed E-state index contributed by atoms with van der Waals surface area (Å²) in [6.45, 7) is 5.55. The summed E-state index contributed by atoms with van der Waals surface area (Å²) in [6.07, 6.45) is 2.78. The second-order valence-corrected chi connectivity index (χ2v) is 3.53. The van der Waals surface area contributed by atoms with Gasteiger partial charge in [0.25, 0.3) is 0 Å². The van der Waals surface area contributed by atoms with Gasteiger partial charge in [-0.25, -0.2) is 9.67 Å². The van der Waals surface area contributed by atoms with E-state index in [0.717, 1.165) is 35.3 Å². The van der Waals surface area contributed by atoms with Crippen molar-refractivity contribution in [3.8, 4) is 0 Å². The third kappa shape index (κ3) is 1.61. The number of pyridine rings is 1. The summed E-state index contributed by atoms with van der Waals surface area (Å²) in [5.74, 6) is 0. The molecule has 0 aliphatic heterocycles. The fourth-order valence-corrected chi connectivity index (χ4v) is 1.75. The third-order valence-electron chi connectivity index (χ3n) is 2.63. The van der Waals surface area contributed by atoms with E-state index in [2.05, 4.69) is 30.0 Å². The first-order valence-electron chi connectivity index (χ1n) is 5.34. The number of rotatable bonds is 3. The lowest BCUT2D eigenvalue weighted by atomic mass is 10.1. The van der Waals surface area contributed by atoms with Crippen molar-refractivity contribution in [1.82, 2.24) is 14.8 Å². The van der Waals surface area contributed by atoms with Gasteiger partial charge in [-0.05, 0) is 25.0 Å². The highest BCUT2D eigenvalue weighted by Gasteiger charge is 2.08.